The Morgan fingerprint density at radius 2 is 2.00 bits per heavy atom. The van der Waals surface area contributed by atoms with Gasteiger partial charge < -0.3 is 15.8 Å². The number of ether oxygens (including phenoxy) is 1. The van der Waals surface area contributed by atoms with Crippen molar-refractivity contribution in [3.8, 4) is 0 Å². The van der Waals surface area contributed by atoms with Gasteiger partial charge in [0.15, 0.2) is 0 Å². The van der Waals surface area contributed by atoms with E-state index in [1.807, 2.05) is 18.2 Å². The zero-order valence-electron chi connectivity index (χ0n) is 12.4. The second-order valence-corrected chi connectivity index (χ2v) is 5.10. The molecule has 1 aromatic carbocycles. The smallest absolute Gasteiger partial charge is 0.328 e. The summed E-state index contributed by atoms with van der Waals surface area (Å²) in [5.74, 6) is -0.421. The zero-order chi connectivity index (χ0) is 15.3. The molecule has 0 unspecified atom stereocenters. The number of carbonyl (C=O) groups is 2. The van der Waals surface area contributed by atoms with E-state index in [0.29, 0.717) is 12.3 Å². The molecule has 20 heavy (non-hydrogen) atoms. The molecule has 0 aliphatic carbocycles. The Kier molecular flexibility index (Phi) is 5.55. The van der Waals surface area contributed by atoms with Crippen molar-refractivity contribution < 1.29 is 14.3 Å². The van der Waals surface area contributed by atoms with Gasteiger partial charge in [-0.3, -0.25) is 4.79 Å². The number of amides is 1. The van der Waals surface area contributed by atoms with Gasteiger partial charge in [-0.1, -0.05) is 26.0 Å². The summed E-state index contributed by atoms with van der Waals surface area (Å²) in [5.41, 5.74) is 8.63. The van der Waals surface area contributed by atoms with Crippen LogP contribution in [0.2, 0.25) is 0 Å². The fourth-order valence-electron chi connectivity index (χ4n) is 2.07. The van der Waals surface area contributed by atoms with E-state index in [4.69, 9.17) is 10.5 Å². The fourth-order valence-corrected chi connectivity index (χ4v) is 2.07. The first-order valence-electron chi connectivity index (χ1n) is 6.58. The topological polar surface area (TPSA) is 81.4 Å². The normalized spacial score (nSPS) is 12.1. The Morgan fingerprint density at radius 3 is 2.50 bits per heavy atom. The third-order valence-electron chi connectivity index (χ3n) is 3.08. The van der Waals surface area contributed by atoms with Gasteiger partial charge in [-0.15, -0.1) is 0 Å². The monoisotopic (exact) mass is 278 g/mol. The van der Waals surface area contributed by atoms with Crippen LogP contribution in [0.1, 0.15) is 37.8 Å². The maximum atomic E-state index is 11.7. The molecule has 3 N–H and O–H groups in total. The molecule has 0 aliphatic heterocycles. The largest absolute Gasteiger partial charge is 0.467 e. The minimum atomic E-state index is -0.680. The van der Waals surface area contributed by atoms with Crippen LogP contribution in [0.15, 0.2) is 18.2 Å². The first kappa shape index (κ1) is 16.0. The lowest BCUT2D eigenvalue weighted by molar-refractivity contribution is -0.144. The summed E-state index contributed by atoms with van der Waals surface area (Å²) in [5, 5.41) is 2.60. The van der Waals surface area contributed by atoms with Crippen LogP contribution in [0.4, 0.5) is 5.69 Å². The Morgan fingerprint density at radius 1 is 1.35 bits per heavy atom. The number of methoxy groups -OCH3 is 1. The summed E-state index contributed by atoms with van der Waals surface area (Å²) in [6.07, 6.45) is 0.381. The second kappa shape index (κ2) is 6.93. The van der Waals surface area contributed by atoms with Crippen LogP contribution in [0.5, 0.6) is 0 Å². The van der Waals surface area contributed by atoms with E-state index in [0.717, 1.165) is 16.8 Å². The summed E-state index contributed by atoms with van der Waals surface area (Å²) in [4.78, 5) is 22.8. The number of rotatable bonds is 5. The molecule has 0 saturated carbocycles. The van der Waals surface area contributed by atoms with Gasteiger partial charge in [-0.05, 0) is 23.1 Å². The molecule has 0 radical (unpaired) electrons. The maximum Gasteiger partial charge on any atom is 0.328 e. The average molecular weight is 278 g/mol. The lowest BCUT2D eigenvalue weighted by atomic mass is 9.96. The van der Waals surface area contributed by atoms with Crippen molar-refractivity contribution in [3.63, 3.8) is 0 Å². The quantitative estimate of drug-likeness (QED) is 0.633. The number of nitrogens with two attached hydrogens (primary N) is 1. The van der Waals surface area contributed by atoms with E-state index in [2.05, 4.69) is 19.2 Å². The predicted octanol–water partition coefficient (Wildman–Crippen LogP) is 1.61. The SMILES string of the molecule is COC(=O)[C@H](Cc1ccc(N)c(C(C)C)c1)NC(C)=O. The summed E-state index contributed by atoms with van der Waals surface area (Å²) in [6, 6.07) is 4.98. The molecule has 5 heteroatoms. The summed E-state index contributed by atoms with van der Waals surface area (Å²) < 4.78 is 4.71. The van der Waals surface area contributed by atoms with Crippen LogP contribution in [0.3, 0.4) is 0 Å². The van der Waals surface area contributed by atoms with Gasteiger partial charge in [0.2, 0.25) is 5.91 Å². The molecule has 5 nitrogen and oxygen atoms in total. The van der Waals surface area contributed by atoms with Gasteiger partial charge in [0.05, 0.1) is 7.11 Å². The molecular formula is C15H22N2O3. The lowest BCUT2D eigenvalue weighted by Gasteiger charge is -2.17. The van der Waals surface area contributed by atoms with Gasteiger partial charge in [-0.2, -0.15) is 0 Å². The Hall–Kier alpha value is -2.04. The van der Waals surface area contributed by atoms with Crippen LogP contribution >= 0.6 is 0 Å². The third-order valence-corrected chi connectivity index (χ3v) is 3.08. The number of benzene rings is 1. The van der Waals surface area contributed by atoms with Crippen molar-refractivity contribution in [2.45, 2.75) is 39.2 Å². The molecule has 0 fully saturated rings. The molecule has 110 valence electrons. The molecule has 0 heterocycles. The van der Waals surface area contributed by atoms with E-state index in [1.54, 1.807) is 0 Å². The first-order chi connectivity index (χ1) is 9.35. The van der Waals surface area contributed by atoms with Crippen molar-refractivity contribution in [3.05, 3.63) is 29.3 Å². The van der Waals surface area contributed by atoms with Crippen LogP contribution in [-0.4, -0.2) is 25.0 Å². The van der Waals surface area contributed by atoms with E-state index >= 15 is 0 Å². The van der Waals surface area contributed by atoms with Gasteiger partial charge >= 0.3 is 5.97 Å². The Bertz CT molecular complexity index is 498. The molecule has 1 atom stereocenters. The van der Waals surface area contributed by atoms with Gasteiger partial charge in [0.25, 0.3) is 0 Å². The lowest BCUT2D eigenvalue weighted by Crippen LogP contribution is -2.42. The number of esters is 1. The number of carbonyl (C=O) groups excluding carboxylic acids is 2. The summed E-state index contributed by atoms with van der Waals surface area (Å²) >= 11 is 0. The highest BCUT2D eigenvalue weighted by molar-refractivity contribution is 5.83. The number of nitrogens with one attached hydrogen (secondary N) is 1. The third kappa shape index (κ3) is 4.26. The van der Waals surface area contributed by atoms with Crippen molar-refractivity contribution in [2.75, 3.05) is 12.8 Å². The summed E-state index contributed by atoms with van der Waals surface area (Å²) in [6.45, 7) is 5.49. The highest BCUT2D eigenvalue weighted by atomic mass is 16.5. The van der Waals surface area contributed by atoms with Crippen LogP contribution in [-0.2, 0) is 20.7 Å². The van der Waals surface area contributed by atoms with Crippen molar-refractivity contribution in [1.29, 1.82) is 0 Å². The fraction of sp³-hybridized carbons (Fsp3) is 0.467. The van der Waals surface area contributed by atoms with E-state index in [9.17, 15) is 9.59 Å². The summed E-state index contributed by atoms with van der Waals surface area (Å²) in [7, 11) is 1.31. The van der Waals surface area contributed by atoms with Crippen LogP contribution < -0.4 is 11.1 Å². The molecular weight excluding hydrogens is 256 g/mol. The highest BCUT2D eigenvalue weighted by Gasteiger charge is 2.21. The molecule has 0 aliphatic rings. The van der Waals surface area contributed by atoms with Crippen molar-refractivity contribution in [2.24, 2.45) is 0 Å². The average Bonchev–Trinajstić information content (AvgIpc) is 2.38. The Balaban J connectivity index is 2.96. The zero-order valence-corrected chi connectivity index (χ0v) is 12.4. The van der Waals surface area contributed by atoms with E-state index < -0.39 is 12.0 Å². The van der Waals surface area contributed by atoms with E-state index in [-0.39, 0.29) is 5.91 Å². The van der Waals surface area contributed by atoms with Crippen LogP contribution in [0, 0.1) is 0 Å². The number of anilines is 1. The molecule has 1 rings (SSSR count). The number of nitrogen functional groups attached to an aromatic ring is 1. The van der Waals surface area contributed by atoms with Crippen molar-refractivity contribution >= 4 is 17.6 Å². The predicted molar refractivity (Wildman–Crippen MR) is 78.3 cm³/mol. The molecule has 0 spiro atoms. The molecule has 0 saturated heterocycles. The van der Waals surface area contributed by atoms with Crippen molar-refractivity contribution in [1.82, 2.24) is 5.32 Å². The highest BCUT2D eigenvalue weighted by Crippen LogP contribution is 2.23. The minimum absolute atomic E-state index is 0.264. The van der Waals surface area contributed by atoms with Gasteiger partial charge in [0, 0.05) is 19.0 Å². The molecule has 0 aromatic heterocycles. The standard InChI is InChI=1S/C15H22N2O3/c1-9(2)12-7-11(5-6-13(12)16)8-14(15(19)20-4)17-10(3)18/h5-7,9,14H,8,16H2,1-4H3,(H,17,18)/t14-/m0/s1. The van der Waals surface area contributed by atoms with Gasteiger partial charge in [0.1, 0.15) is 6.04 Å². The van der Waals surface area contributed by atoms with E-state index in [1.165, 1.54) is 14.0 Å². The minimum Gasteiger partial charge on any atom is -0.467 e. The molecule has 1 amide bonds. The molecule has 1 aromatic rings. The number of hydrogen-bond acceptors (Lipinski definition) is 4. The van der Waals surface area contributed by atoms with Crippen LogP contribution in [0.25, 0.3) is 0 Å². The van der Waals surface area contributed by atoms with Gasteiger partial charge in [-0.25, -0.2) is 4.79 Å². The second-order valence-electron chi connectivity index (χ2n) is 5.10. The molecule has 0 bridgehead atoms. The maximum absolute atomic E-state index is 11.7. The Labute approximate surface area is 119 Å². The number of hydrogen-bond donors (Lipinski definition) is 2. The first-order valence-corrected chi connectivity index (χ1v) is 6.58.